The van der Waals surface area contributed by atoms with E-state index in [9.17, 15) is 9.59 Å². The molecule has 0 radical (unpaired) electrons. The zero-order valence-electron chi connectivity index (χ0n) is 14.3. The fourth-order valence-corrected chi connectivity index (χ4v) is 4.03. The first-order valence-electron chi connectivity index (χ1n) is 8.74. The Labute approximate surface area is 155 Å². The molecule has 0 aliphatic carbocycles. The Balaban J connectivity index is 1.26. The van der Waals surface area contributed by atoms with Crippen LogP contribution < -0.4 is 10.2 Å². The molecule has 1 fully saturated rings. The van der Waals surface area contributed by atoms with E-state index in [1.54, 1.807) is 11.1 Å². The Morgan fingerprint density at radius 1 is 1.31 bits per heavy atom. The van der Waals surface area contributed by atoms with Crippen molar-refractivity contribution >= 4 is 39.2 Å². The number of benzene rings is 1. The SMILES string of the molecule is O=C(NCCCn1ccc2ccccc21)C1CC(=O)N(c2nccs2)C1. The van der Waals surface area contributed by atoms with Crippen LogP contribution in [0, 0.1) is 5.92 Å². The van der Waals surface area contributed by atoms with Gasteiger partial charge in [-0.15, -0.1) is 11.3 Å². The van der Waals surface area contributed by atoms with Gasteiger partial charge in [0.05, 0.1) is 5.92 Å². The van der Waals surface area contributed by atoms with Gasteiger partial charge in [-0.2, -0.15) is 0 Å². The largest absolute Gasteiger partial charge is 0.356 e. The molecule has 1 atom stereocenters. The number of aryl methyl sites for hydroxylation is 1. The van der Waals surface area contributed by atoms with Gasteiger partial charge in [-0.1, -0.05) is 18.2 Å². The monoisotopic (exact) mass is 368 g/mol. The molecule has 0 saturated carbocycles. The van der Waals surface area contributed by atoms with Crippen LogP contribution in [0.2, 0.25) is 0 Å². The number of hydrogen-bond acceptors (Lipinski definition) is 4. The van der Waals surface area contributed by atoms with E-state index >= 15 is 0 Å². The van der Waals surface area contributed by atoms with Crippen LogP contribution in [0.1, 0.15) is 12.8 Å². The molecule has 0 bridgehead atoms. The number of aromatic nitrogens is 2. The number of para-hydroxylation sites is 1. The van der Waals surface area contributed by atoms with Crippen LogP contribution in [0.25, 0.3) is 10.9 Å². The maximum absolute atomic E-state index is 12.4. The lowest BCUT2D eigenvalue weighted by atomic mass is 10.1. The smallest absolute Gasteiger partial charge is 0.229 e. The van der Waals surface area contributed by atoms with Crippen molar-refractivity contribution in [1.29, 1.82) is 0 Å². The predicted molar refractivity (Wildman–Crippen MR) is 102 cm³/mol. The summed E-state index contributed by atoms with van der Waals surface area (Å²) in [6.07, 6.45) is 4.86. The molecule has 3 aromatic rings. The highest BCUT2D eigenvalue weighted by Crippen LogP contribution is 2.26. The molecular weight excluding hydrogens is 348 g/mol. The number of amides is 2. The van der Waals surface area contributed by atoms with Gasteiger partial charge < -0.3 is 9.88 Å². The van der Waals surface area contributed by atoms with E-state index in [0.717, 1.165) is 13.0 Å². The van der Waals surface area contributed by atoms with Crippen molar-refractivity contribution in [3.8, 4) is 0 Å². The average Bonchev–Trinajstić information content (AvgIpc) is 3.38. The van der Waals surface area contributed by atoms with Gasteiger partial charge in [-0.25, -0.2) is 4.98 Å². The number of nitrogens with one attached hydrogen (secondary N) is 1. The van der Waals surface area contributed by atoms with Crippen molar-refractivity contribution in [3.63, 3.8) is 0 Å². The quantitative estimate of drug-likeness (QED) is 0.680. The van der Waals surface area contributed by atoms with Crippen LogP contribution in [-0.4, -0.2) is 34.5 Å². The molecule has 26 heavy (non-hydrogen) atoms. The van der Waals surface area contributed by atoms with Gasteiger partial charge in [0.15, 0.2) is 5.13 Å². The van der Waals surface area contributed by atoms with Crippen molar-refractivity contribution < 1.29 is 9.59 Å². The Hall–Kier alpha value is -2.67. The Bertz CT molecular complexity index is 919. The summed E-state index contributed by atoms with van der Waals surface area (Å²) in [5.74, 6) is -0.368. The summed E-state index contributed by atoms with van der Waals surface area (Å²) in [6, 6.07) is 10.4. The molecule has 0 spiro atoms. The summed E-state index contributed by atoms with van der Waals surface area (Å²) < 4.78 is 2.20. The first-order valence-corrected chi connectivity index (χ1v) is 9.62. The molecule has 1 aromatic carbocycles. The van der Waals surface area contributed by atoms with Crippen molar-refractivity contribution in [2.45, 2.75) is 19.4 Å². The maximum atomic E-state index is 12.4. The molecule has 1 aliphatic rings. The topological polar surface area (TPSA) is 67.2 Å². The van der Waals surface area contributed by atoms with E-state index < -0.39 is 0 Å². The van der Waals surface area contributed by atoms with Crippen molar-refractivity contribution in [2.24, 2.45) is 5.92 Å². The number of nitrogens with zero attached hydrogens (tertiary/aromatic N) is 3. The highest BCUT2D eigenvalue weighted by atomic mass is 32.1. The van der Waals surface area contributed by atoms with E-state index in [1.807, 2.05) is 17.5 Å². The lowest BCUT2D eigenvalue weighted by Gasteiger charge is -2.13. The third kappa shape index (κ3) is 3.35. The third-order valence-corrected chi connectivity index (χ3v) is 5.50. The number of hydrogen-bond donors (Lipinski definition) is 1. The van der Waals surface area contributed by atoms with Crippen LogP contribution in [0.5, 0.6) is 0 Å². The molecule has 1 unspecified atom stereocenters. The molecule has 2 aromatic heterocycles. The average molecular weight is 368 g/mol. The van der Waals surface area contributed by atoms with Crippen LogP contribution in [0.4, 0.5) is 5.13 Å². The Kier molecular flexibility index (Phi) is 4.71. The molecule has 4 rings (SSSR count). The first kappa shape index (κ1) is 16.8. The van der Waals surface area contributed by atoms with Crippen LogP contribution in [0.15, 0.2) is 48.1 Å². The molecule has 7 heteroatoms. The van der Waals surface area contributed by atoms with Gasteiger partial charge in [0.2, 0.25) is 11.8 Å². The molecule has 6 nitrogen and oxygen atoms in total. The minimum absolute atomic E-state index is 0.0288. The zero-order chi connectivity index (χ0) is 17.9. The summed E-state index contributed by atoms with van der Waals surface area (Å²) >= 11 is 1.42. The molecule has 1 saturated heterocycles. The predicted octanol–water partition coefficient (Wildman–Crippen LogP) is 2.66. The molecule has 1 N–H and O–H groups in total. The van der Waals surface area contributed by atoms with Crippen LogP contribution in [-0.2, 0) is 16.1 Å². The second kappa shape index (κ2) is 7.29. The number of fused-ring (bicyclic) bond motifs is 1. The summed E-state index contributed by atoms with van der Waals surface area (Å²) in [6.45, 7) is 1.87. The standard InChI is InChI=1S/C19H20N4O2S/c24-17-12-15(13-23(17)19-21-8-11-26-19)18(25)20-7-3-9-22-10-6-14-4-1-2-5-16(14)22/h1-2,4-6,8,10-11,15H,3,7,9,12-13H2,(H,20,25). The van der Waals surface area contributed by atoms with Gasteiger partial charge in [-0.3, -0.25) is 14.5 Å². The van der Waals surface area contributed by atoms with Crippen molar-refractivity contribution in [2.75, 3.05) is 18.0 Å². The second-order valence-corrected chi connectivity index (χ2v) is 7.31. The zero-order valence-corrected chi connectivity index (χ0v) is 15.1. The molecule has 1 aliphatic heterocycles. The maximum Gasteiger partial charge on any atom is 0.229 e. The molecule has 2 amide bonds. The summed E-state index contributed by atoms with van der Waals surface area (Å²) in [4.78, 5) is 30.2. The number of anilines is 1. The van der Waals surface area contributed by atoms with Gasteiger partial charge in [0.1, 0.15) is 0 Å². The molecule has 3 heterocycles. The number of rotatable bonds is 6. The third-order valence-electron chi connectivity index (χ3n) is 4.70. The summed E-state index contributed by atoms with van der Waals surface area (Å²) in [5, 5.41) is 6.70. The van der Waals surface area contributed by atoms with E-state index in [1.165, 1.54) is 22.2 Å². The molecular formula is C19H20N4O2S. The van der Waals surface area contributed by atoms with E-state index in [4.69, 9.17) is 0 Å². The minimum atomic E-state index is -0.293. The summed E-state index contributed by atoms with van der Waals surface area (Å²) in [5.41, 5.74) is 1.21. The molecule has 134 valence electrons. The number of thiazole rings is 1. The Morgan fingerprint density at radius 2 is 2.19 bits per heavy atom. The lowest BCUT2D eigenvalue weighted by Crippen LogP contribution is -2.33. The van der Waals surface area contributed by atoms with Crippen LogP contribution in [0.3, 0.4) is 0 Å². The summed E-state index contributed by atoms with van der Waals surface area (Å²) in [7, 11) is 0. The van der Waals surface area contributed by atoms with E-state index in [-0.39, 0.29) is 24.2 Å². The van der Waals surface area contributed by atoms with Gasteiger partial charge in [-0.05, 0) is 23.9 Å². The van der Waals surface area contributed by atoms with E-state index in [0.29, 0.717) is 18.2 Å². The van der Waals surface area contributed by atoms with Gasteiger partial charge >= 0.3 is 0 Å². The highest BCUT2D eigenvalue weighted by molar-refractivity contribution is 7.13. The highest BCUT2D eigenvalue weighted by Gasteiger charge is 2.35. The number of carbonyl (C=O) groups excluding carboxylic acids is 2. The normalized spacial score (nSPS) is 17.2. The van der Waals surface area contributed by atoms with Crippen LogP contribution >= 0.6 is 11.3 Å². The first-order chi connectivity index (χ1) is 12.7. The van der Waals surface area contributed by atoms with Gasteiger partial charge in [0.25, 0.3) is 0 Å². The van der Waals surface area contributed by atoms with Crippen molar-refractivity contribution in [3.05, 3.63) is 48.1 Å². The van der Waals surface area contributed by atoms with E-state index in [2.05, 4.69) is 39.3 Å². The van der Waals surface area contributed by atoms with Crippen molar-refractivity contribution in [1.82, 2.24) is 14.9 Å². The minimum Gasteiger partial charge on any atom is -0.356 e. The fraction of sp³-hybridized carbons (Fsp3) is 0.316. The number of carbonyl (C=O) groups is 2. The van der Waals surface area contributed by atoms with Gasteiger partial charge in [0, 0.05) is 49.3 Å². The Morgan fingerprint density at radius 3 is 3.04 bits per heavy atom. The second-order valence-electron chi connectivity index (χ2n) is 6.43. The fourth-order valence-electron chi connectivity index (χ4n) is 3.36. The lowest BCUT2D eigenvalue weighted by molar-refractivity contribution is -0.126.